The summed E-state index contributed by atoms with van der Waals surface area (Å²) in [5, 5.41) is 0.310. The molecular weight excluding hydrogens is 208 g/mol. The van der Waals surface area contributed by atoms with Gasteiger partial charge < -0.3 is 4.43 Å². The van der Waals surface area contributed by atoms with E-state index in [0.29, 0.717) is 5.04 Å². The van der Waals surface area contributed by atoms with Gasteiger partial charge in [0.05, 0.1) is 6.61 Å². The standard InChI is InChI=1S/C11H24OSSi/c1-8-10(13-5)9-12-14(6,7)11(2,3)4/h8H,9H2,1-7H3/b10-8+. The second-order valence-electron chi connectivity index (χ2n) is 5.01. The maximum atomic E-state index is 6.09. The molecule has 0 rings (SSSR count). The van der Waals surface area contributed by atoms with E-state index in [1.54, 1.807) is 11.8 Å². The second kappa shape index (κ2) is 5.38. The number of hydrogen-bond acceptors (Lipinski definition) is 2. The third kappa shape index (κ3) is 4.19. The zero-order valence-corrected chi connectivity index (χ0v) is 12.4. The lowest BCUT2D eigenvalue weighted by Gasteiger charge is -2.36. The van der Waals surface area contributed by atoms with Crippen LogP contribution in [0.5, 0.6) is 0 Å². The van der Waals surface area contributed by atoms with Gasteiger partial charge in [-0.05, 0) is 31.3 Å². The van der Waals surface area contributed by atoms with Gasteiger partial charge in [-0.15, -0.1) is 11.8 Å². The fraction of sp³-hybridized carbons (Fsp3) is 0.818. The molecule has 0 atom stereocenters. The van der Waals surface area contributed by atoms with Crippen molar-refractivity contribution in [2.75, 3.05) is 12.9 Å². The SMILES string of the molecule is C/C=C(\CO[Si](C)(C)C(C)(C)C)SC. The molecule has 0 aromatic rings. The van der Waals surface area contributed by atoms with Crippen molar-refractivity contribution in [3.63, 3.8) is 0 Å². The third-order valence-electron chi connectivity index (χ3n) is 2.97. The van der Waals surface area contributed by atoms with Gasteiger partial charge in [0.15, 0.2) is 8.32 Å². The highest BCUT2D eigenvalue weighted by atomic mass is 32.2. The molecule has 0 amide bonds. The van der Waals surface area contributed by atoms with Crippen LogP contribution in [-0.4, -0.2) is 21.2 Å². The van der Waals surface area contributed by atoms with E-state index in [2.05, 4.69) is 53.1 Å². The molecule has 0 bridgehead atoms. The Morgan fingerprint density at radius 1 is 1.36 bits per heavy atom. The lowest BCUT2D eigenvalue weighted by atomic mass is 10.2. The molecule has 0 unspecified atom stereocenters. The minimum absolute atomic E-state index is 0.310. The third-order valence-corrected chi connectivity index (χ3v) is 8.32. The molecule has 0 saturated heterocycles. The molecule has 0 heterocycles. The first-order valence-electron chi connectivity index (χ1n) is 5.07. The molecular formula is C11H24OSSi. The Kier molecular flexibility index (Phi) is 5.48. The molecule has 14 heavy (non-hydrogen) atoms. The van der Waals surface area contributed by atoms with Gasteiger partial charge in [0.2, 0.25) is 0 Å². The van der Waals surface area contributed by atoms with Crippen molar-refractivity contribution >= 4 is 20.1 Å². The van der Waals surface area contributed by atoms with Crippen LogP contribution in [0.25, 0.3) is 0 Å². The molecule has 0 saturated carbocycles. The summed E-state index contributed by atoms with van der Waals surface area (Å²) in [4.78, 5) is 1.33. The quantitative estimate of drug-likeness (QED) is 0.669. The summed E-state index contributed by atoms with van der Waals surface area (Å²) in [6.45, 7) is 14.3. The maximum Gasteiger partial charge on any atom is 0.192 e. The van der Waals surface area contributed by atoms with E-state index in [1.165, 1.54) is 4.91 Å². The summed E-state index contributed by atoms with van der Waals surface area (Å²) in [7, 11) is -1.55. The molecule has 0 aliphatic carbocycles. The van der Waals surface area contributed by atoms with Crippen molar-refractivity contribution in [2.24, 2.45) is 0 Å². The van der Waals surface area contributed by atoms with Crippen molar-refractivity contribution in [1.29, 1.82) is 0 Å². The van der Waals surface area contributed by atoms with E-state index < -0.39 is 8.32 Å². The van der Waals surface area contributed by atoms with Crippen LogP contribution in [0, 0.1) is 0 Å². The van der Waals surface area contributed by atoms with Crippen LogP contribution in [0.15, 0.2) is 11.0 Å². The summed E-state index contributed by atoms with van der Waals surface area (Å²) in [6, 6.07) is 0. The Morgan fingerprint density at radius 2 is 1.86 bits per heavy atom. The highest BCUT2D eigenvalue weighted by Crippen LogP contribution is 2.37. The van der Waals surface area contributed by atoms with Gasteiger partial charge in [-0.1, -0.05) is 26.8 Å². The Hall–Kier alpha value is 0.267. The predicted octanol–water partition coefficient (Wildman–Crippen LogP) is 4.28. The fourth-order valence-corrected chi connectivity index (χ4v) is 2.19. The maximum absolute atomic E-state index is 6.09. The van der Waals surface area contributed by atoms with Gasteiger partial charge >= 0.3 is 0 Å². The minimum Gasteiger partial charge on any atom is -0.412 e. The molecule has 0 radical (unpaired) electrons. The van der Waals surface area contributed by atoms with Crippen LogP contribution in [0.4, 0.5) is 0 Å². The van der Waals surface area contributed by atoms with Crippen LogP contribution in [0.3, 0.4) is 0 Å². The summed E-state index contributed by atoms with van der Waals surface area (Å²) >= 11 is 1.78. The Morgan fingerprint density at radius 3 is 2.14 bits per heavy atom. The number of hydrogen-bond donors (Lipinski definition) is 0. The average Bonchev–Trinajstić information content (AvgIpc) is 2.04. The highest BCUT2D eigenvalue weighted by molar-refractivity contribution is 8.02. The Labute approximate surface area is 94.4 Å². The second-order valence-corrected chi connectivity index (χ2v) is 10.8. The van der Waals surface area contributed by atoms with E-state index in [-0.39, 0.29) is 0 Å². The van der Waals surface area contributed by atoms with Gasteiger partial charge in [-0.25, -0.2) is 0 Å². The van der Waals surface area contributed by atoms with Crippen molar-refractivity contribution in [3.05, 3.63) is 11.0 Å². The highest BCUT2D eigenvalue weighted by Gasteiger charge is 2.37. The van der Waals surface area contributed by atoms with Crippen LogP contribution >= 0.6 is 11.8 Å². The summed E-state index contributed by atoms with van der Waals surface area (Å²) in [5.74, 6) is 0. The van der Waals surface area contributed by atoms with Crippen LogP contribution in [0.1, 0.15) is 27.7 Å². The average molecular weight is 232 g/mol. The van der Waals surface area contributed by atoms with Gasteiger partial charge in [0.1, 0.15) is 0 Å². The van der Waals surface area contributed by atoms with Crippen LogP contribution in [0.2, 0.25) is 18.1 Å². The van der Waals surface area contributed by atoms with E-state index in [9.17, 15) is 0 Å². The summed E-state index contributed by atoms with van der Waals surface area (Å²) in [5.41, 5.74) is 0. The van der Waals surface area contributed by atoms with Crippen molar-refractivity contribution in [3.8, 4) is 0 Å². The van der Waals surface area contributed by atoms with E-state index >= 15 is 0 Å². The van der Waals surface area contributed by atoms with Crippen LogP contribution in [-0.2, 0) is 4.43 Å². The topological polar surface area (TPSA) is 9.23 Å². The molecule has 0 aromatic carbocycles. The molecule has 1 nitrogen and oxygen atoms in total. The minimum atomic E-state index is -1.55. The van der Waals surface area contributed by atoms with Gasteiger partial charge in [-0.3, -0.25) is 0 Å². The molecule has 0 aliphatic rings. The number of thioether (sulfide) groups is 1. The molecule has 0 fully saturated rings. The van der Waals surface area contributed by atoms with E-state index in [0.717, 1.165) is 6.61 Å². The van der Waals surface area contributed by atoms with E-state index in [1.807, 2.05) is 0 Å². The molecule has 3 heteroatoms. The van der Waals surface area contributed by atoms with Crippen molar-refractivity contribution in [2.45, 2.75) is 45.8 Å². The van der Waals surface area contributed by atoms with Crippen molar-refractivity contribution in [1.82, 2.24) is 0 Å². The molecule has 0 spiro atoms. The number of allylic oxidation sites excluding steroid dienone is 1. The van der Waals surface area contributed by atoms with Gasteiger partial charge in [0.25, 0.3) is 0 Å². The fourth-order valence-electron chi connectivity index (χ4n) is 0.728. The molecule has 84 valence electrons. The van der Waals surface area contributed by atoms with Crippen LogP contribution < -0.4 is 0 Å². The Balaban J connectivity index is 4.26. The largest absolute Gasteiger partial charge is 0.412 e. The monoisotopic (exact) mass is 232 g/mol. The molecule has 0 aliphatic heterocycles. The first-order valence-corrected chi connectivity index (χ1v) is 9.21. The smallest absolute Gasteiger partial charge is 0.192 e. The normalized spacial score (nSPS) is 14.6. The molecule has 0 aromatic heterocycles. The summed E-state index contributed by atoms with van der Waals surface area (Å²) < 4.78 is 6.09. The zero-order chi connectivity index (χ0) is 11.4. The Bertz CT molecular complexity index is 204. The molecule has 0 N–H and O–H groups in total. The van der Waals surface area contributed by atoms with Gasteiger partial charge in [0, 0.05) is 4.91 Å². The lowest BCUT2D eigenvalue weighted by molar-refractivity contribution is 0.325. The first-order chi connectivity index (χ1) is 6.24. The van der Waals surface area contributed by atoms with E-state index in [4.69, 9.17) is 4.43 Å². The lowest BCUT2D eigenvalue weighted by Crippen LogP contribution is -2.41. The zero-order valence-electron chi connectivity index (χ0n) is 10.6. The van der Waals surface area contributed by atoms with Crippen molar-refractivity contribution < 1.29 is 4.43 Å². The predicted molar refractivity (Wildman–Crippen MR) is 70.4 cm³/mol. The van der Waals surface area contributed by atoms with Gasteiger partial charge in [-0.2, -0.15) is 0 Å². The summed E-state index contributed by atoms with van der Waals surface area (Å²) in [6.07, 6.45) is 4.24. The first kappa shape index (κ1) is 14.3. The number of rotatable bonds is 4.